The Balaban J connectivity index is 1.61. The largest absolute Gasteiger partial charge is 0.454 e. The SMILES string of the molecule is CC(C)(C)c1ccc(C=C2N=C(c3ccc4c(c3)OCO4)OC2=O)cc1. The maximum atomic E-state index is 12.2. The van der Waals surface area contributed by atoms with Gasteiger partial charge in [-0.05, 0) is 40.8 Å². The van der Waals surface area contributed by atoms with Gasteiger partial charge in [0.2, 0.25) is 12.7 Å². The first-order chi connectivity index (χ1) is 12.4. The smallest absolute Gasteiger partial charge is 0.363 e. The van der Waals surface area contributed by atoms with Crippen molar-refractivity contribution in [1.82, 2.24) is 0 Å². The molecule has 0 N–H and O–H groups in total. The van der Waals surface area contributed by atoms with Crippen LogP contribution in [0, 0.1) is 0 Å². The molecule has 0 atom stereocenters. The van der Waals surface area contributed by atoms with Crippen LogP contribution in [0.1, 0.15) is 37.5 Å². The summed E-state index contributed by atoms with van der Waals surface area (Å²) in [6, 6.07) is 13.4. The summed E-state index contributed by atoms with van der Waals surface area (Å²) in [4.78, 5) is 16.5. The van der Waals surface area contributed by atoms with E-state index in [0.29, 0.717) is 17.1 Å². The van der Waals surface area contributed by atoms with E-state index in [9.17, 15) is 4.79 Å². The van der Waals surface area contributed by atoms with Gasteiger partial charge in [-0.1, -0.05) is 45.0 Å². The lowest BCUT2D eigenvalue weighted by Crippen LogP contribution is -2.10. The highest BCUT2D eigenvalue weighted by atomic mass is 16.7. The average Bonchev–Trinajstić information content (AvgIpc) is 3.21. The van der Waals surface area contributed by atoms with Gasteiger partial charge in [-0.2, -0.15) is 0 Å². The summed E-state index contributed by atoms with van der Waals surface area (Å²) in [5.74, 6) is 1.10. The molecule has 2 aliphatic rings. The Morgan fingerprint density at radius 3 is 2.46 bits per heavy atom. The van der Waals surface area contributed by atoms with Gasteiger partial charge in [-0.25, -0.2) is 9.79 Å². The van der Waals surface area contributed by atoms with E-state index in [2.05, 4.69) is 37.9 Å². The fraction of sp³-hybridized carbons (Fsp3) is 0.238. The van der Waals surface area contributed by atoms with Gasteiger partial charge in [-0.15, -0.1) is 0 Å². The van der Waals surface area contributed by atoms with Crippen LogP contribution in [0.5, 0.6) is 11.5 Å². The van der Waals surface area contributed by atoms with Gasteiger partial charge in [0.25, 0.3) is 0 Å². The number of carbonyl (C=O) groups is 1. The molecule has 0 aliphatic carbocycles. The third-order valence-corrected chi connectivity index (χ3v) is 4.32. The van der Waals surface area contributed by atoms with Crippen molar-refractivity contribution in [2.45, 2.75) is 26.2 Å². The fourth-order valence-corrected chi connectivity index (χ4v) is 2.80. The fourth-order valence-electron chi connectivity index (χ4n) is 2.80. The number of cyclic esters (lactones) is 1. The molecule has 2 aliphatic heterocycles. The van der Waals surface area contributed by atoms with Crippen molar-refractivity contribution in [3.63, 3.8) is 0 Å². The first kappa shape index (κ1) is 16.4. The van der Waals surface area contributed by atoms with E-state index < -0.39 is 5.97 Å². The maximum absolute atomic E-state index is 12.2. The van der Waals surface area contributed by atoms with Crippen LogP contribution in [-0.2, 0) is 14.9 Å². The monoisotopic (exact) mass is 349 g/mol. The lowest BCUT2D eigenvalue weighted by Gasteiger charge is -2.18. The number of nitrogens with zero attached hydrogens (tertiary/aromatic N) is 1. The Hall–Kier alpha value is -3.08. The molecule has 0 spiro atoms. The van der Waals surface area contributed by atoms with E-state index in [4.69, 9.17) is 14.2 Å². The molecule has 2 aromatic rings. The van der Waals surface area contributed by atoms with E-state index in [1.807, 2.05) is 12.1 Å². The summed E-state index contributed by atoms with van der Waals surface area (Å²) in [7, 11) is 0. The maximum Gasteiger partial charge on any atom is 0.363 e. The van der Waals surface area contributed by atoms with Crippen LogP contribution in [0.25, 0.3) is 6.08 Å². The lowest BCUT2D eigenvalue weighted by molar-refractivity contribution is -0.129. The Bertz CT molecular complexity index is 933. The predicted octanol–water partition coefficient (Wildman–Crippen LogP) is 4.06. The molecule has 2 aromatic carbocycles. The second-order valence-electron chi connectivity index (χ2n) is 7.28. The van der Waals surface area contributed by atoms with Crippen molar-refractivity contribution in [3.05, 3.63) is 64.9 Å². The van der Waals surface area contributed by atoms with Crippen LogP contribution in [-0.4, -0.2) is 18.7 Å². The highest BCUT2D eigenvalue weighted by molar-refractivity contribution is 6.13. The first-order valence-electron chi connectivity index (χ1n) is 8.43. The molecule has 5 heteroatoms. The first-order valence-corrected chi connectivity index (χ1v) is 8.43. The van der Waals surface area contributed by atoms with Crippen LogP contribution >= 0.6 is 0 Å². The van der Waals surface area contributed by atoms with Crippen molar-refractivity contribution in [2.75, 3.05) is 6.79 Å². The molecule has 0 unspecified atom stereocenters. The minimum absolute atomic E-state index is 0.0860. The molecule has 5 nitrogen and oxygen atoms in total. The van der Waals surface area contributed by atoms with Crippen LogP contribution < -0.4 is 9.47 Å². The predicted molar refractivity (Wildman–Crippen MR) is 98.3 cm³/mol. The number of benzene rings is 2. The lowest BCUT2D eigenvalue weighted by atomic mass is 9.87. The summed E-state index contributed by atoms with van der Waals surface area (Å²) in [5.41, 5.74) is 3.18. The zero-order valence-electron chi connectivity index (χ0n) is 14.9. The van der Waals surface area contributed by atoms with Crippen molar-refractivity contribution in [1.29, 1.82) is 0 Å². The highest BCUT2D eigenvalue weighted by Crippen LogP contribution is 2.33. The molecular formula is C21H19NO4. The molecule has 132 valence electrons. The van der Waals surface area contributed by atoms with Crippen molar-refractivity contribution >= 4 is 17.9 Å². The molecule has 0 bridgehead atoms. The third-order valence-electron chi connectivity index (χ3n) is 4.32. The van der Waals surface area contributed by atoms with E-state index >= 15 is 0 Å². The topological polar surface area (TPSA) is 57.1 Å². The number of fused-ring (bicyclic) bond motifs is 1. The molecule has 4 rings (SSSR count). The minimum atomic E-state index is -0.461. The van der Waals surface area contributed by atoms with Crippen molar-refractivity contribution < 1.29 is 19.0 Å². The Kier molecular flexibility index (Phi) is 3.80. The number of rotatable bonds is 2. The van der Waals surface area contributed by atoms with Gasteiger partial charge in [0, 0.05) is 5.56 Å². The number of aliphatic imine (C=N–C) groups is 1. The average molecular weight is 349 g/mol. The standard InChI is InChI=1S/C21H19NO4/c1-21(2,3)15-7-4-13(5-8-15)10-16-20(23)26-19(22-16)14-6-9-17-18(11-14)25-12-24-17/h4-11H,12H2,1-3H3. The molecule has 0 amide bonds. The van der Waals surface area contributed by atoms with Gasteiger partial charge >= 0.3 is 5.97 Å². The zero-order valence-corrected chi connectivity index (χ0v) is 14.9. The number of esters is 1. The Morgan fingerprint density at radius 1 is 1.00 bits per heavy atom. The van der Waals surface area contributed by atoms with Crippen LogP contribution in [0.15, 0.2) is 53.2 Å². The summed E-state index contributed by atoms with van der Waals surface area (Å²) >= 11 is 0. The number of hydrogen-bond acceptors (Lipinski definition) is 5. The molecular weight excluding hydrogens is 330 g/mol. The van der Waals surface area contributed by atoms with Crippen molar-refractivity contribution in [3.8, 4) is 11.5 Å². The van der Waals surface area contributed by atoms with Crippen LogP contribution in [0.3, 0.4) is 0 Å². The molecule has 26 heavy (non-hydrogen) atoms. The molecule has 2 heterocycles. The Morgan fingerprint density at radius 2 is 1.73 bits per heavy atom. The van der Waals surface area contributed by atoms with Gasteiger partial charge in [0.1, 0.15) is 0 Å². The normalized spacial score (nSPS) is 17.4. The van der Waals surface area contributed by atoms with Crippen molar-refractivity contribution in [2.24, 2.45) is 4.99 Å². The number of hydrogen-bond donors (Lipinski definition) is 0. The summed E-state index contributed by atoms with van der Waals surface area (Å²) in [6.45, 7) is 6.69. The second kappa shape index (κ2) is 6.02. The molecule has 0 fully saturated rings. The minimum Gasteiger partial charge on any atom is -0.454 e. The number of ether oxygens (including phenoxy) is 3. The van der Waals surface area contributed by atoms with Gasteiger partial charge in [-0.3, -0.25) is 0 Å². The third kappa shape index (κ3) is 3.08. The highest BCUT2D eigenvalue weighted by Gasteiger charge is 2.26. The van der Waals surface area contributed by atoms with Crippen LogP contribution in [0.4, 0.5) is 0 Å². The second-order valence-corrected chi connectivity index (χ2v) is 7.28. The van der Waals surface area contributed by atoms with E-state index in [-0.39, 0.29) is 23.8 Å². The molecule has 0 saturated carbocycles. The van der Waals surface area contributed by atoms with Gasteiger partial charge < -0.3 is 14.2 Å². The van der Waals surface area contributed by atoms with Gasteiger partial charge in [0.05, 0.1) is 0 Å². The Labute approximate surface area is 151 Å². The summed E-state index contributed by atoms with van der Waals surface area (Å²) in [6.07, 6.45) is 1.73. The van der Waals surface area contributed by atoms with Gasteiger partial charge in [0.15, 0.2) is 17.2 Å². The van der Waals surface area contributed by atoms with E-state index in [1.165, 1.54) is 5.56 Å². The molecule has 0 aromatic heterocycles. The molecule has 0 saturated heterocycles. The van der Waals surface area contributed by atoms with E-state index in [0.717, 1.165) is 5.56 Å². The zero-order chi connectivity index (χ0) is 18.3. The van der Waals surface area contributed by atoms with Crippen LogP contribution in [0.2, 0.25) is 0 Å². The quantitative estimate of drug-likeness (QED) is 0.606. The molecule has 0 radical (unpaired) electrons. The van der Waals surface area contributed by atoms with E-state index in [1.54, 1.807) is 24.3 Å². The number of carbonyl (C=O) groups excluding carboxylic acids is 1. The summed E-state index contributed by atoms with van der Waals surface area (Å²) < 4.78 is 16.0. The summed E-state index contributed by atoms with van der Waals surface area (Å²) in [5, 5.41) is 0.